The number of carbonyl (C=O) groups is 1. The topological polar surface area (TPSA) is 46.9 Å². The molecule has 2 aromatic rings. The predicted molar refractivity (Wildman–Crippen MR) is 98.2 cm³/mol. The summed E-state index contributed by atoms with van der Waals surface area (Å²) >= 11 is 0. The zero-order chi connectivity index (χ0) is 18.0. The standard InChI is InChI=1S/C19H27N3O3/c1-20(2)11-14-12-22(7-8-25-13-14)19(23)18-9-15-5-6-16(24-4)10-17(15)21(18)3/h5-6,9-10,14H,7-8,11-13H2,1-4H3. The largest absolute Gasteiger partial charge is 0.497 e. The van der Waals surface area contributed by atoms with Crippen LogP contribution in [0, 0.1) is 5.92 Å². The van der Waals surface area contributed by atoms with Gasteiger partial charge in [0.05, 0.1) is 25.8 Å². The lowest BCUT2D eigenvalue weighted by molar-refractivity contribution is 0.0726. The van der Waals surface area contributed by atoms with Crippen LogP contribution in [-0.4, -0.2) is 74.3 Å². The van der Waals surface area contributed by atoms with Crippen molar-refractivity contribution in [3.63, 3.8) is 0 Å². The third-order valence-corrected chi connectivity index (χ3v) is 4.72. The molecule has 0 radical (unpaired) electrons. The van der Waals surface area contributed by atoms with Crippen LogP contribution in [0.4, 0.5) is 0 Å². The van der Waals surface area contributed by atoms with Crippen LogP contribution < -0.4 is 4.74 Å². The van der Waals surface area contributed by atoms with Crippen LogP contribution in [0.2, 0.25) is 0 Å². The van der Waals surface area contributed by atoms with E-state index >= 15 is 0 Å². The molecule has 6 nitrogen and oxygen atoms in total. The van der Waals surface area contributed by atoms with Gasteiger partial charge in [0.25, 0.3) is 5.91 Å². The predicted octanol–water partition coefficient (Wildman–Crippen LogP) is 1.84. The Morgan fingerprint density at radius 2 is 2.16 bits per heavy atom. The molecular formula is C19H27N3O3. The lowest BCUT2D eigenvalue weighted by Gasteiger charge is -2.25. The second-order valence-electron chi connectivity index (χ2n) is 6.97. The summed E-state index contributed by atoms with van der Waals surface area (Å²) in [7, 11) is 7.68. The summed E-state index contributed by atoms with van der Waals surface area (Å²) < 4.78 is 13.0. The summed E-state index contributed by atoms with van der Waals surface area (Å²) in [6.07, 6.45) is 0. The third-order valence-electron chi connectivity index (χ3n) is 4.72. The fraction of sp³-hybridized carbons (Fsp3) is 0.526. The Kier molecular flexibility index (Phi) is 5.30. The summed E-state index contributed by atoms with van der Waals surface area (Å²) in [5.74, 6) is 1.19. The van der Waals surface area contributed by atoms with E-state index in [1.165, 1.54) is 0 Å². The van der Waals surface area contributed by atoms with E-state index in [-0.39, 0.29) is 5.91 Å². The average molecular weight is 345 g/mol. The van der Waals surface area contributed by atoms with Gasteiger partial charge in [-0.1, -0.05) is 0 Å². The van der Waals surface area contributed by atoms with Crippen LogP contribution in [-0.2, 0) is 11.8 Å². The van der Waals surface area contributed by atoms with Gasteiger partial charge in [-0.15, -0.1) is 0 Å². The highest BCUT2D eigenvalue weighted by Crippen LogP contribution is 2.25. The van der Waals surface area contributed by atoms with Gasteiger partial charge in [0.1, 0.15) is 11.4 Å². The van der Waals surface area contributed by atoms with E-state index in [2.05, 4.69) is 4.90 Å². The van der Waals surface area contributed by atoms with E-state index in [9.17, 15) is 4.79 Å². The van der Waals surface area contributed by atoms with Crippen molar-refractivity contribution in [3.8, 4) is 5.75 Å². The van der Waals surface area contributed by atoms with Crippen molar-refractivity contribution in [2.45, 2.75) is 0 Å². The maximum absolute atomic E-state index is 13.1. The van der Waals surface area contributed by atoms with Crippen molar-refractivity contribution in [2.75, 3.05) is 54.1 Å². The monoisotopic (exact) mass is 345 g/mol. The Bertz CT molecular complexity index is 754. The molecule has 3 rings (SSSR count). The smallest absolute Gasteiger partial charge is 0.270 e. The van der Waals surface area contributed by atoms with Crippen molar-refractivity contribution in [2.24, 2.45) is 13.0 Å². The second kappa shape index (κ2) is 7.45. The second-order valence-corrected chi connectivity index (χ2v) is 6.97. The number of methoxy groups -OCH3 is 1. The number of hydrogen-bond acceptors (Lipinski definition) is 4. The molecule has 1 saturated heterocycles. The first-order valence-corrected chi connectivity index (χ1v) is 8.65. The first-order valence-electron chi connectivity index (χ1n) is 8.65. The van der Waals surface area contributed by atoms with Crippen molar-refractivity contribution in [1.29, 1.82) is 0 Å². The summed E-state index contributed by atoms with van der Waals surface area (Å²) in [6, 6.07) is 7.84. The van der Waals surface area contributed by atoms with E-state index in [0.717, 1.165) is 29.7 Å². The van der Waals surface area contributed by atoms with Crippen molar-refractivity contribution in [3.05, 3.63) is 30.0 Å². The van der Waals surface area contributed by atoms with Gasteiger partial charge in [0, 0.05) is 44.1 Å². The van der Waals surface area contributed by atoms with Crippen molar-refractivity contribution < 1.29 is 14.3 Å². The average Bonchev–Trinajstić information content (AvgIpc) is 2.76. The van der Waals surface area contributed by atoms with E-state index in [4.69, 9.17) is 9.47 Å². The van der Waals surface area contributed by atoms with Crippen molar-refractivity contribution in [1.82, 2.24) is 14.4 Å². The highest BCUT2D eigenvalue weighted by Gasteiger charge is 2.26. The lowest BCUT2D eigenvalue weighted by atomic mass is 10.1. The van der Waals surface area contributed by atoms with Crippen LogP contribution in [0.1, 0.15) is 10.5 Å². The number of amides is 1. The first kappa shape index (κ1) is 17.8. The number of ether oxygens (including phenoxy) is 2. The zero-order valence-corrected chi connectivity index (χ0v) is 15.5. The van der Waals surface area contributed by atoms with Crippen LogP contribution in [0.15, 0.2) is 24.3 Å². The molecule has 25 heavy (non-hydrogen) atoms. The normalized spacial score (nSPS) is 18.6. The fourth-order valence-electron chi connectivity index (χ4n) is 3.50. The Morgan fingerprint density at radius 3 is 2.88 bits per heavy atom. The molecule has 1 aliphatic heterocycles. The van der Waals surface area contributed by atoms with Gasteiger partial charge in [0.15, 0.2) is 0 Å². The maximum Gasteiger partial charge on any atom is 0.270 e. The van der Waals surface area contributed by atoms with Gasteiger partial charge in [0.2, 0.25) is 0 Å². The van der Waals surface area contributed by atoms with Crippen LogP contribution in [0.5, 0.6) is 5.75 Å². The summed E-state index contributed by atoms with van der Waals surface area (Å²) in [6.45, 7) is 3.56. The Balaban J connectivity index is 1.86. The minimum absolute atomic E-state index is 0.0620. The van der Waals surface area contributed by atoms with Gasteiger partial charge < -0.3 is 23.8 Å². The molecule has 136 valence electrons. The van der Waals surface area contributed by atoms with Crippen LogP contribution in [0.25, 0.3) is 10.9 Å². The van der Waals surface area contributed by atoms with Gasteiger partial charge in [-0.3, -0.25) is 4.79 Å². The molecule has 1 amide bonds. The van der Waals surface area contributed by atoms with E-state index < -0.39 is 0 Å². The van der Waals surface area contributed by atoms with Gasteiger partial charge in [-0.25, -0.2) is 0 Å². The minimum Gasteiger partial charge on any atom is -0.497 e. The summed E-state index contributed by atoms with van der Waals surface area (Å²) in [5, 5.41) is 1.04. The molecule has 1 aromatic carbocycles. The maximum atomic E-state index is 13.1. The number of nitrogens with zero attached hydrogens (tertiary/aromatic N) is 3. The van der Waals surface area contributed by atoms with E-state index in [1.54, 1.807) is 7.11 Å². The van der Waals surface area contributed by atoms with Crippen LogP contribution in [0.3, 0.4) is 0 Å². The highest BCUT2D eigenvalue weighted by molar-refractivity contribution is 5.99. The molecule has 1 fully saturated rings. The van der Waals surface area contributed by atoms with E-state index in [0.29, 0.717) is 31.4 Å². The number of fused-ring (bicyclic) bond motifs is 1. The summed E-state index contributed by atoms with van der Waals surface area (Å²) in [5.41, 5.74) is 1.70. The molecule has 1 aliphatic rings. The van der Waals surface area contributed by atoms with E-state index in [1.807, 2.05) is 54.9 Å². The Hall–Kier alpha value is -2.05. The SMILES string of the molecule is COc1ccc2cc(C(=O)N3CCOCC(CN(C)C)C3)n(C)c2c1. The molecule has 1 atom stereocenters. The molecule has 0 spiro atoms. The fourth-order valence-corrected chi connectivity index (χ4v) is 3.50. The molecule has 2 heterocycles. The summed E-state index contributed by atoms with van der Waals surface area (Å²) in [4.78, 5) is 17.2. The molecule has 1 aromatic heterocycles. The molecule has 1 unspecified atom stereocenters. The number of rotatable bonds is 4. The van der Waals surface area contributed by atoms with Gasteiger partial charge in [-0.2, -0.15) is 0 Å². The number of carbonyl (C=O) groups excluding carboxylic acids is 1. The molecule has 0 N–H and O–H groups in total. The first-order chi connectivity index (χ1) is 12.0. The number of hydrogen-bond donors (Lipinski definition) is 0. The molecular weight excluding hydrogens is 318 g/mol. The Labute approximate surface area is 148 Å². The number of aryl methyl sites for hydroxylation is 1. The minimum atomic E-state index is 0.0620. The molecule has 0 bridgehead atoms. The molecule has 0 saturated carbocycles. The van der Waals surface area contributed by atoms with Gasteiger partial charge >= 0.3 is 0 Å². The zero-order valence-electron chi connectivity index (χ0n) is 15.5. The van der Waals surface area contributed by atoms with Crippen molar-refractivity contribution >= 4 is 16.8 Å². The highest BCUT2D eigenvalue weighted by atomic mass is 16.5. The van der Waals surface area contributed by atoms with Crippen LogP contribution >= 0.6 is 0 Å². The quantitative estimate of drug-likeness (QED) is 0.848. The number of benzene rings is 1. The van der Waals surface area contributed by atoms with Gasteiger partial charge in [-0.05, 0) is 32.3 Å². The third kappa shape index (κ3) is 3.80. The number of aromatic nitrogens is 1. The molecule has 6 heteroatoms. The molecule has 0 aliphatic carbocycles. The lowest BCUT2D eigenvalue weighted by Crippen LogP contribution is -2.39. The Morgan fingerprint density at radius 1 is 1.36 bits per heavy atom.